The van der Waals surface area contributed by atoms with E-state index in [2.05, 4.69) is 26.6 Å². The Kier molecular flexibility index (Phi) is 5.81. The van der Waals surface area contributed by atoms with Crippen LogP contribution in [0.25, 0.3) is 0 Å². The van der Waals surface area contributed by atoms with Gasteiger partial charge in [0.05, 0.1) is 24.1 Å². The number of hydrogen-bond donors (Lipinski definition) is 2. The van der Waals surface area contributed by atoms with Gasteiger partial charge in [0.2, 0.25) is 5.91 Å². The van der Waals surface area contributed by atoms with E-state index in [1.165, 1.54) is 0 Å². The van der Waals surface area contributed by atoms with Crippen LogP contribution in [0.4, 0.5) is 5.69 Å². The standard InChI is InChI=1S/C11H11BrClN3O/c12-9-3-2-8(6-10(9)13)16-7-11(17)15-5-1-4-14/h2-3,6,16H,1,5,7H2,(H,15,17). The van der Waals surface area contributed by atoms with Gasteiger partial charge in [0.25, 0.3) is 0 Å². The lowest BCUT2D eigenvalue weighted by atomic mass is 10.3. The molecule has 1 rings (SSSR count). The monoisotopic (exact) mass is 315 g/mol. The third-order valence-electron chi connectivity index (χ3n) is 1.93. The zero-order chi connectivity index (χ0) is 12.7. The van der Waals surface area contributed by atoms with Crippen LogP contribution < -0.4 is 10.6 Å². The number of anilines is 1. The summed E-state index contributed by atoms with van der Waals surface area (Å²) >= 11 is 9.19. The van der Waals surface area contributed by atoms with Gasteiger partial charge >= 0.3 is 0 Å². The smallest absolute Gasteiger partial charge is 0.239 e. The Morgan fingerprint density at radius 2 is 2.29 bits per heavy atom. The second-order valence-electron chi connectivity index (χ2n) is 3.24. The molecule has 0 aliphatic rings. The molecular formula is C11H11BrClN3O. The Morgan fingerprint density at radius 1 is 1.53 bits per heavy atom. The number of rotatable bonds is 5. The molecule has 1 amide bonds. The molecule has 0 heterocycles. The number of halogens is 2. The third-order valence-corrected chi connectivity index (χ3v) is 3.16. The van der Waals surface area contributed by atoms with E-state index in [-0.39, 0.29) is 12.5 Å². The van der Waals surface area contributed by atoms with E-state index in [4.69, 9.17) is 16.9 Å². The Hall–Kier alpha value is -1.25. The lowest BCUT2D eigenvalue weighted by molar-refractivity contribution is -0.119. The molecule has 0 saturated carbocycles. The molecular weight excluding hydrogens is 305 g/mol. The van der Waals surface area contributed by atoms with Crippen LogP contribution in [0.5, 0.6) is 0 Å². The van der Waals surface area contributed by atoms with Crippen molar-refractivity contribution in [2.45, 2.75) is 6.42 Å². The fourth-order valence-electron chi connectivity index (χ4n) is 1.11. The minimum Gasteiger partial charge on any atom is -0.376 e. The topological polar surface area (TPSA) is 64.9 Å². The van der Waals surface area contributed by atoms with Gasteiger partial charge in [-0.2, -0.15) is 5.26 Å². The highest BCUT2D eigenvalue weighted by molar-refractivity contribution is 9.10. The summed E-state index contributed by atoms with van der Waals surface area (Å²) in [6, 6.07) is 7.30. The van der Waals surface area contributed by atoms with Crippen molar-refractivity contribution in [1.29, 1.82) is 5.26 Å². The molecule has 0 saturated heterocycles. The molecule has 90 valence electrons. The van der Waals surface area contributed by atoms with E-state index in [0.717, 1.165) is 10.2 Å². The molecule has 0 spiro atoms. The van der Waals surface area contributed by atoms with Gasteiger partial charge in [-0.1, -0.05) is 11.6 Å². The molecule has 1 aromatic rings. The van der Waals surface area contributed by atoms with Crippen molar-refractivity contribution < 1.29 is 4.79 Å². The van der Waals surface area contributed by atoms with Crippen molar-refractivity contribution >= 4 is 39.1 Å². The number of benzene rings is 1. The Balaban J connectivity index is 2.37. The number of nitrogens with one attached hydrogen (secondary N) is 2. The molecule has 4 nitrogen and oxygen atoms in total. The molecule has 0 radical (unpaired) electrons. The van der Waals surface area contributed by atoms with Gasteiger partial charge in [0, 0.05) is 16.7 Å². The first-order valence-corrected chi connectivity index (χ1v) is 6.13. The van der Waals surface area contributed by atoms with E-state index >= 15 is 0 Å². The van der Waals surface area contributed by atoms with Crippen LogP contribution in [-0.2, 0) is 4.79 Å². The van der Waals surface area contributed by atoms with E-state index in [1.54, 1.807) is 12.1 Å². The fourth-order valence-corrected chi connectivity index (χ4v) is 1.54. The van der Waals surface area contributed by atoms with Gasteiger partial charge in [-0.05, 0) is 34.1 Å². The van der Waals surface area contributed by atoms with Crippen LogP contribution in [0.1, 0.15) is 6.42 Å². The Morgan fingerprint density at radius 3 is 2.94 bits per heavy atom. The van der Waals surface area contributed by atoms with Gasteiger partial charge in [-0.15, -0.1) is 0 Å². The summed E-state index contributed by atoms with van der Waals surface area (Å²) in [6.07, 6.45) is 0.315. The minimum atomic E-state index is -0.153. The van der Waals surface area contributed by atoms with Gasteiger partial charge < -0.3 is 10.6 Å². The molecule has 1 aromatic carbocycles. The lowest BCUT2D eigenvalue weighted by Gasteiger charge is -2.07. The van der Waals surface area contributed by atoms with E-state index in [9.17, 15) is 4.79 Å². The maximum absolute atomic E-state index is 11.3. The van der Waals surface area contributed by atoms with Crippen LogP contribution in [0.3, 0.4) is 0 Å². The zero-order valence-corrected chi connectivity index (χ0v) is 11.3. The first-order valence-electron chi connectivity index (χ1n) is 4.96. The quantitative estimate of drug-likeness (QED) is 0.821. The molecule has 0 fully saturated rings. The van der Waals surface area contributed by atoms with Crippen molar-refractivity contribution in [2.24, 2.45) is 0 Å². The van der Waals surface area contributed by atoms with Gasteiger partial charge in [-0.25, -0.2) is 0 Å². The number of carbonyl (C=O) groups is 1. The summed E-state index contributed by atoms with van der Waals surface area (Å²) in [5.41, 5.74) is 0.772. The summed E-state index contributed by atoms with van der Waals surface area (Å²) in [7, 11) is 0. The minimum absolute atomic E-state index is 0.153. The SMILES string of the molecule is N#CCCNC(=O)CNc1ccc(Br)c(Cl)c1. The summed E-state index contributed by atoms with van der Waals surface area (Å²) in [4.78, 5) is 11.3. The number of nitrogens with zero attached hydrogens (tertiary/aromatic N) is 1. The van der Waals surface area contributed by atoms with Crippen LogP contribution in [0, 0.1) is 11.3 Å². The third kappa shape index (κ3) is 5.07. The Bertz CT molecular complexity index is 445. The van der Waals surface area contributed by atoms with Gasteiger partial charge in [0.1, 0.15) is 0 Å². The van der Waals surface area contributed by atoms with E-state index in [0.29, 0.717) is 18.0 Å². The average molecular weight is 317 g/mol. The van der Waals surface area contributed by atoms with Gasteiger partial charge in [0.15, 0.2) is 0 Å². The maximum Gasteiger partial charge on any atom is 0.239 e. The second-order valence-corrected chi connectivity index (χ2v) is 4.50. The average Bonchev–Trinajstić information content (AvgIpc) is 2.31. The Labute approximate surface area is 113 Å². The largest absolute Gasteiger partial charge is 0.376 e. The summed E-state index contributed by atoms with van der Waals surface area (Å²) in [5.74, 6) is -0.153. The molecule has 0 aliphatic heterocycles. The van der Waals surface area contributed by atoms with Crippen LogP contribution in [0.15, 0.2) is 22.7 Å². The normalized spacial score (nSPS) is 9.47. The van der Waals surface area contributed by atoms with Crippen molar-refractivity contribution in [3.63, 3.8) is 0 Å². The van der Waals surface area contributed by atoms with Crippen LogP contribution in [0.2, 0.25) is 5.02 Å². The molecule has 0 unspecified atom stereocenters. The number of carbonyl (C=O) groups excluding carboxylic acids is 1. The van der Waals surface area contributed by atoms with Crippen molar-refractivity contribution in [2.75, 3.05) is 18.4 Å². The van der Waals surface area contributed by atoms with Crippen molar-refractivity contribution in [1.82, 2.24) is 5.32 Å². The van der Waals surface area contributed by atoms with Crippen LogP contribution in [-0.4, -0.2) is 19.0 Å². The van der Waals surface area contributed by atoms with Gasteiger partial charge in [-0.3, -0.25) is 4.79 Å². The summed E-state index contributed by atoms with van der Waals surface area (Å²) in [5, 5.41) is 14.4. The molecule has 0 atom stereocenters. The molecule has 0 bridgehead atoms. The highest BCUT2D eigenvalue weighted by atomic mass is 79.9. The first kappa shape index (κ1) is 13.8. The number of amides is 1. The zero-order valence-electron chi connectivity index (χ0n) is 8.96. The number of hydrogen-bond acceptors (Lipinski definition) is 3. The van der Waals surface area contributed by atoms with Crippen LogP contribution >= 0.6 is 27.5 Å². The summed E-state index contributed by atoms with van der Waals surface area (Å²) < 4.78 is 0.809. The maximum atomic E-state index is 11.3. The first-order chi connectivity index (χ1) is 8.13. The molecule has 17 heavy (non-hydrogen) atoms. The molecule has 6 heteroatoms. The predicted molar refractivity (Wildman–Crippen MR) is 70.9 cm³/mol. The highest BCUT2D eigenvalue weighted by Crippen LogP contribution is 2.25. The lowest BCUT2D eigenvalue weighted by Crippen LogP contribution is -2.30. The highest BCUT2D eigenvalue weighted by Gasteiger charge is 2.02. The fraction of sp³-hybridized carbons (Fsp3) is 0.273. The van der Waals surface area contributed by atoms with E-state index in [1.807, 2.05) is 12.1 Å². The number of nitriles is 1. The molecule has 2 N–H and O–H groups in total. The van der Waals surface area contributed by atoms with Crippen molar-refractivity contribution in [3.05, 3.63) is 27.7 Å². The molecule has 0 aliphatic carbocycles. The second kappa shape index (κ2) is 7.15. The molecule has 0 aromatic heterocycles. The summed E-state index contributed by atoms with van der Waals surface area (Å²) in [6.45, 7) is 0.529. The predicted octanol–water partition coefficient (Wildman–Crippen LogP) is 2.54. The van der Waals surface area contributed by atoms with Crippen molar-refractivity contribution in [3.8, 4) is 6.07 Å². The van der Waals surface area contributed by atoms with E-state index < -0.39 is 0 Å².